The van der Waals surface area contributed by atoms with Crippen LogP contribution < -0.4 is 5.32 Å². The predicted octanol–water partition coefficient (Wildman–Crippen LogP) is 1.46. The molecule has 25 heavy (non-hydrogen) atoms. The summed E-state index contributed by atoms with van der Waals surface area (Å²) in [6.07, 6.45) is 0.266. The van der Waals surface area contributed by atoms with Gasteiger partial charge in [-0.25, -0.2) is 4.79 Å². The molecule has 0 bridgehead atoms. The number of imide groups is 1. The summed E-state index contributed by atoms with van der Waals surface area (Å²) in [5.41, 5.74) is 2.97. The molecule has 1 unspecified atom stereocenters. The first kappa shape index (κ1) is 18.9. The summed E-state index contributed by atoms with van der Waals surface area (Å²) in [5, 5.41) is 2.92. The molecule has 1 aliphatic heterocycles. The second kappa shape index (κ2) is 7.65. The number of urea groups is 1. The average Bonchev–Trinajstić information content (AvgIpc) is 2.54. The molecule has 1 N–H and O–H groups in total. The van der Waals surface area contributed by atoms with Gasteiger partial charge in [0.1, 0.15) is 0 Å². The highest BCUT2D eigenvalue weighted by Gasteiger charge is 2.34. The summed E-state index contributed by atoms with van der Waals surface area (Å²) in [4.78, 5) is 40.6. The van der Waals surface area contributed by atoms with Crippen molar-refractivity contribution < 1.29 is 14.4 Å². The number of nitrogens with one attached hydrogen (secondary N) is 1. The van der Waals surface area contributed by atoms with Gasteiger partial charge in [-0.2, -0.15) is 0 Å². The second-order valence-corrected chi connectivity index (χ2v) is 6.70. The Morgan fingerprint density at radius 3 is 2.64 bits per heavy atom. The Morgan fingerprint density at radius 1 is 1.28 bits per heavy atom. The Bertz CT molecular complexity index is 689. The maximum Gasteiger partial charge on any atom is 0.326 e. The SMILES string of the molecule is Cc1cccc(NC(=O)CN(C)CC2CC(=O)N(C)C(=O)N2C)c1C. The molecule has 1 heterocycles. The number of carbonyl (C=O) groups is 3. The fourth-order valence-electron chi connectivity index (χ4n) is 2.91. The third-order valence-corrected chi connectivity index (χ3v) is 4.74. The number of hydrogen-bond acceptors (Lipinski definition) is 4. The van der Waals surface area contributed by atoms with Gasteiger partial charge in [0.25, 0.3) is 0 Å². The fraction of sp³-hybridized carbons (Fsp3) is 0.500. The summed E-state index contributed by atoms with van der Waals surface area (Å²) >= 11 is 0. The van der Waals surface area contributed by atoms with Gasteiger partial charge in [-0.1, -0.05) is 12.1 Å². The van der Waals surface area contributed by atoms with Crippen LogP contribution >= 0.6 is 0 Å². The number of nitrogens with zero attached hydrogens (tertiary/aromatic N) is 3. The van der Waals surface area contributed by atoms with Gasteiger partial charge in [-0.3, -0.25) is 19.4 Å². The summed E-state index contributed by atoms with van der Waals surface area (Å²) in [6, 6.07) is 5.25. The Hall–Kier alpha value is -2.41. The van der Waals surface area contributed by atoms with Crippen molar-refractivity contribution in [1.82, 2.24) is 14.7 Å². The lowest BCUT2D eigenvalue weighted by Crippen LogP contribution is -2.56. The van der Waals surface area contributed by atoms with Crippen LogP contribution in [0.15, 0.2) is 18.2 Å². The minimum Gasteiger partial charge on any atom is -0.325 e. The molecule has 0 aliphatic carbocycles. The number of rotatable bonds is 5. The van der Waals surface area contributed by atoms with E-state index < -0.39 is 0 Å². The summed E-state index contributed by atoms with van der Waals surface area (Å²) in [5.74, 6) is -0.314. The Kier molecular flexibility index (Phi) is 5.79. The van der Waals surface area contributed by atoms with Crippen LogP contribution in [0, 0.1) is 13.8 Å². The minimum absolute atomic E-state index is 0.121. The molecular formula is C18H26N4O3. The molecule has 1 fully saturated rings. The molecule has 7 nitrogen and oxygen atoms in total. The first-order chi connectivity index (χ1) is 11.7. The Morgan fingerprint density at radius 2 is 1.96 bits per heavy atom. The number of likely N-dealkylation sites (N-methyl/N-ethyl adjacent to an activating group) is 2. The van der Waals surface area contributed by atoms with Crippen molar-refractivity contribution in [2.45, 2.75) is 26.3 Å². The largest absolute Gasteiger partial charge is 0.326 e. The molecular weight excluding hydrogens is 320 g/mol. The van der Waals surface area contributed by atoms with Gasteiger partial charge in [0.05, 0.1) is 12.6 Å². The molecule has 4 amide bonds. The van der Waals surface area contributed by atoms with Crippen molar-refractivity contribution in [3.63, 3.8) is 0 Å². The van der Waals surface area contributed by atoms with Gasteiger partial charge < -0.3 is 10.2 Å². The zero-order chi connectivity index (χ0) is 18.7. The van der Waals surface area contributed by atoms with Crippen LogP contribution in [0.5, 0.6) is 0 Å². The fourth-order valence-corrected chi connectivity index (χ4v) is 2.91. The lowest BCUT2D eigenvalue weighted by atomic mass is 10.1. The van der Waals surface area contributed by atoms with E-state index in [-0.39, 0.29) is 36.9 Å². The van der Waals surface area contributed by atoms with E-state index >= 15 is 0 Å². The number of hydrogen-bond donors (Lipinski definition) is 1. The lowest BCUT2D eigenvalue weighted by Gasteiger charge is -2.38. The predicted molar refractivity (Wildman–Crippen MR) is 96.4 cm³/mol. The molecule has 1 aliphatic rings. The van der Waals surface area contributed by atoms with E-state index in [0.29, 0.717) is 6.54 Å². The standard InChI is InChI=1S/C18H26N4O3/c1-12-7-6-8-15(13(12)2)19-16(23)11-20(3)10-14-9-17(24)22(5)18(25)21(14)4/h6-8,14H,9-11H2,1-5H3,(H,19,23). The highest BCUT2D eigenvalue weighted by Crippen LogP contribution is 2.18. The molecule has 0 saturated carbocycles. The molecule has 1 aromatic carbocycles. The molecule has 0 radical (unpaired) electrons. The first-order valence-electron chi connectivity index (χ1n) is 8.28. The van der Waals surface area contributed by atoms with E-state index in [1.165, 1.54) is 7.05 Å². The van der Waals surface area contributed by atoms with Crippen molar-refractivity contribution in [2.75, 3.05) is 39.5 Å². The number of amides is 4. The highest BCUT2D eigenvalue weighted by atomic mass is 16.2. The quantitative estimate of drug-likeness (QED) is 0.876. The zero-order valence-corrected chi connectivity index (χ0v) is 15.5. The van der Waals surface area contributed by atoms with Crippen molar-refractivity contribution in [3.05, 3.63) is 29.3 Å². The summed E-state index contributed by atoms with van der Waals surface area (Å²) in [7, 11) is 4.97. The third-order valence-electron chi connectivity index (χ3n) is 4.74. The van der Waals surface area contributed by atoms with Gasteiger partial charge in [-0.15, -0.1) is 0 Å². The molecule has 136 valence electrons. The second-order valence-electron chi connectivity index (χ2n) is 6.70. The normalized spacial score (nSPS) is 18.1. The molecule has 7 heteroatoms. The lowest BCUT2D eigenvalue weighted by molar-refractivity contribution is -0.131. The summed E-state index contributed by atoms with van der Waals surface area (Å²) < 4.78 is 0. The maximum absolute atomic E-state index is 12.3. The molecule has 2 rings (SSSR count). The average molecular weight is 346 g/mol. The topological polar surface area (TPSA) is 73.0 Å². The van der Waals surface area contributed by atoms with Crippen LogP contribution in [0.25, 0.3) is 0 Å². The van der Waals surface area contributed by atoms with Crippen molar-refractivity contribution >= 4 is 23.5 Å². The molecule has 0 aromatic heterocycles. The zero-order valence-electron chi connectivity index (χ0n) is 15.5. The van der Waals surface area contributed by atoms with Gasteiger partial charge >= 0.3 is 6.03 Å². The van der Waals surface area contributed by atoms with Crippen LogP contribution in [-0.2, 0) is 9.59 Å². The number of aryl methyl sites for hydroxylation is 1. The minimum atomic E-state index is -0.311. The number of benzene rings is 1. The van der Waals surface area contributed by atoms with E-state index in [4.69, 9.17) is 0 Å². The maximum atomic E-state index is 12.3. The molecule has 1 atom stereocenters. The van der Waals surface area contributed by atoms with Crippen LogP contribution in [0.3, 0.4) is 0 Å². The van der Waals surface area contributed by atoms with E-state index in [9.17, 15) is 14.4 Å². The monoisotopic (exact) mass is 346 g/mol. The van der Waals surface area contributed by atoms with E-state index in [2.05, 4.69) is 5.32 Å². The van der Waals surface area contributed by atoms with Gasteiger partial charge in [0.15, 0.2) is 0 Å². The molecule has 1 aromatic rings. The van der Waals surface area contributed by atoms with Crippen LogP contribution in [0.1, 0.15) is 17.5 Å². The number of anilines is 1. The smallest absolute Gasteiger partial charge is 0.325 e. The van der Waals surface area contributed by atoms with Crippen LogP contribution in [0.2, 0.25) is 0 Å². The Labute approximate surface area is 148 Å². The highest BCUT2D eigenvalue weighted by molar-refractivity contribution is 5.97. The van der Waals surface area contributed by atoms with Gasteiger partial charge in [0.2, 0.25) is 11.8 Å². The van der Waals surface area contributed by atoms with E-state index in [1.54, 1.807) is 11.9 Å². The van der Waals surface area contributed by atoms with Crippen LogP contribution in [0.4, 0.5) is 10.5 Å². The molecule has 0 spiro atoms. The van der Waals surface area contributed by atoms with Crippen molar-refractivity contribution in [3.8, 4) is 0 Å². The van der Waals surface area contributed by atoms with Gasteiger partial charge in [-0.05, 0) is 38.1 Å². The van der Waals surface area contributed by atoms with Gasteiger partial charge in [0, 0.05) is 32.7 Å². The van der Waals surface area contributed by atoms with Crippen molar-refractivity contribution in [2.24, 2.45) is 0 Å². The summed E-state index contributed by atoms with van der Waals surface area (Å²) in [6.45, 7) is 4.62. The number of carbonyl (C=O) groups excluding carboxylic acids is 3. The Balaban J connectivity index is 1.92. The molecule has 1 saturated heterocycles. The van der Waals surface area contributed by atoms with E-state index in [1.807, 2.05) is 44.0 Å². The van der Waals surface area contributed by atoms with Crippen molar-refractivity contribution in [1.29, 1.82) is 0 Å². The van der Waals surface area contributed by atoms with E-state index in [0.717, 1.165) is 21.7 Å². The van der Waals surface area contributed by atoms with Crippen LogP contribution in [-0.4, -0.2) is 72.8 Å². The third kappa shape index (κ3) is 4.36. The first-order valence-corrected chi connectivity index (χ1v) is 8.28.